The molecule has 3 heteroatoms. The van der Waals surface area contributed by atoms with Crippen molar-refractivity contribution in [1.82, 2.24) is 0 Å². The first-order valence-corrected chi connectivity index (χ1v) is 10.3. The Labute approximate surface area is 156 Å². The Balaban J connectivity index is 1.72. The number of rotatable bonds is 4. The third-order valence-corrected chi connectivity index (χ3v) is 6.65. The van der Waals surface area contributed by atoms with E-state index in [-0.39, 0.29) is 5.97 Å². The van der Waals surface area contributed by atoms with Crippen LogP contribution in [0.1, 0.15) is 75.3 Å². The zero-order chi connectivity index (χ0) is 18.0. The van der Waals surface area contributed by atoms with Crippen LogP contribution >= 0.6 is 0 Å². The standard InChI is InChI=1S/C23H29NO2/c1-2-17-13-15-18(16-14-17)21-24-23(22(25)26-21,19-9-5-3-6-10-19)20-11-7-4-8-12-20/h2,13-16,19-20H,1,3-12H2. The summed E-state index contributed by atoms with van der Waals surface area (Å²) >= 11 is 0. The molecule has 0 spiro atoms. The van der Waals surface area contributed by atoms with Crippen LogP contribution in [0.5, 0.6) is 0 Å². The van der Waals surface area contributed by atoms with Gasteiger partial charge in [-0.15, -0.1) is 0 Å². The molecule has 1 aromatic carbocycles. The minimum Gasteiger partial charge on any atom is -0.405 e. The molecule has 0 atom stereocenters. The van der Waals surface area contributed by atoms with Crippen molar-refractivity contribution in [3.05, 3.63) is 42.0 Å². The van der Waals surface area contributed by atoms with Gasteiger partial charge < -0.3 is 4.74 Å². The highest BCUT2D eigenvalue weighted by Gasteiger charge is 2.56. The van der Waals surface area contributed by atoms with Crippen molar-refractivity contribution in [2.24, 2.45) is 16.8 Å². The maximum absolute atomic E-state index is 13.2. The van der Waals surface area contributed by atoms with Crippen molar-refractivity contribution in [2.45, 2.75) is 69.7 Å². The van der Waals surface area contributed by atoms with Crippen molar-refractivity contribution in [3.8, 4) is 0 Å². The molecule has 1 heterocycles. The fraction of sp³-hybridized carbons (Fsp3) is 0.565. The number of carbonyl (C=O) groups is 1. The van der Waals surface area contributed by atoms with Gasteiger partial charge >= 0.3 is 5.97 Å². The van der Waals surface area contributed by atoms with Gasteiger partial charge in [-0.05, 0) is 55.2 Å². The van der Waals surface area contributed by atoms with Crippen LogP contribution in [0.15, 0.2) is 35.8 Å². The second-order valence-electron chi connectivity index (χ2n) is 8.13. The van der Waals surface area contributed by atoms with E-state index >= 15 is 0 Å². The molecule has 1 aliphatic heterocycles. The summed E-state index contributed by atoms with van der Waals surface area (Å²) in [6.45, 7) is 3.80. The zero-order valence-corrected chi connectivity index (χ0v) is 15.6. The molecule has 138 valence electrons. The van der Waals surface area contributed by atoms with Gasteiger partial charge in [-0.1, -0.05) is 63.3 Å². The third kappa shape index (κ3) is 3.02. The van der Waals surface area contributed by atoms with E-state index in [2.05, 4.69) is 6.58 Å². The fourth-order valence-electron chi connectivity index (χ4n) is 5.23. The Hall–Kier alpha value is -1.90. The summed E-state index contributed by atoms with van der Waals surface area (Å²) in [6, 6.07) is 7.97. The van der Waals surface area contributed by atoms with E-state index in [9.17, 15) is 4.79 Å². The molecule has 3 nitrogen and oxygen atoms in total. The lowest BCUT2D eigenvalue weighted by atomic mass is 9.64. The van der Waals surface area contributed by atoms with Crippen molar-refractivity contribution in [1.29, 1.82) is 0 Å². The van der Waals surface area contributed by atoms with Crippen LogP contribution in [0.3, 0.4) is 0 Å². The maximum Gasteiger partial charge on any atom is 0.341 e. The Bertz CT molecular complexity index is 673. The van der Waals surface area contributed by atoms with E-state index in [0.29, 0.717) is 17.7 Å². The Morgan fingerprint density at radius 3 is 1.96 bits per heavy atom. The van der Waals surface area contributed by atoms with Gasteiger partial charge in [0.15, 0.2) is 5.54 Å². The van der Waals surface area contributed by atoms with Gasteiger partial charge in [0.1, 0.15) is 0 Å². The van der Waals surface area contributed by atoms with E-state index in [4.69, 9.17) is 9.73 Å². The highest BCUT2D eigenvalue weighted by Crippen LogP contribution is 2.48. The van der Waals surface area contributed by atoms with Crippen LogP contribution in [0.4, 0.5) is 0 Å². The Morgan fingerprint density at radius 2 is 1.46 bits per heavy atom. The number of nitrogens with zero attached hydrogens (tertiary/aromatic N) is 1. The van der Waals surface area contributed by atoms with Gasteiger partial charge in [0, 0.05) is 5.56 Å². The largest absolute Gasteiger partial charge is 0.405 e. The number of aliphatic imine (C=N–C) groups is 1. The molecule has 0 radical (unpaired) electrons. The number of carbonyl (C=O) groups excluding carboxylic acids is 1. The van der Waals surface area contributed by atoms with Gasteiger partial charge in [-0.25, -0.2) is 9.79 Å². The lowest BCUT2D eigenvalue weighted by molar-refractivity contribution is -0.144. The molecule has 2 saturated carbocycles. The summed E-state index contributed by atoms with van der Waals surface area (Å²) in [5.74, 6) is 1.13. The van der Waals surface area contributed by atoms with Crippen molar-refractivity contribution in [3.63, 3.8) is 0 Å². The highest BCUT2D eigenvalue weighted by atomic mass is 16.6. The number of hydrogen-bond donors (Lipinski definition) is 0. The Morgan fingerprint density at radius 1 is 0.923 bits per heavy atom. The van der Waals surface area contributed by atoms with Crippen molar-refractivity contribution < 1.29 is 9.53 Å². The first-order valence-electron chi connectivity index (χ1n) is 10.3. The summed E-state index contributed by atoms with van der Waals surface area (Å²) in [4.78, 5) is 18.3. The van der Waals surface area contributed by atoms with Crippen LogP contribution in [-0.4, -0.2) is 17.4 Å². The van der Waals surface area contributed by atoms with Gasteiger partial charge in [0.05, 0.1) is 0 Å². The van der Waals surface area contributed by atoms with Crippen molar-refractivity contribution in [2.75, 3.05) is 0 Å². The number of benzene rings is 1. The molecule has 1 aromatic rings. The van der Waals surface area contributed by atoms with Crippen LogP contribution in [-0.2, 0) is 9.53 Å². The molecule has 26 heavy (non-hydrogen) atoms. The molecule has 0 bridgehead atoms. The molecular weight excluding hydrogens is 322 g/mol. The lowest BCUT2D eigenvalue weighted by Gasteiger charge is -2.41. The second kappa shape index (κ2) is 7.38. The molecule has 0 saturated heterocycles. The molecule has 2 fully saturated rings. The normalized spacial score (nSPS) is 24.2. The summed E-state index contributed by atoms with van der Waals surface area (Å²) in [5, 5.41) is 0. The minimum atomic E-state index is -0.632. The van der Waals surface area contributed by atoms with E-state index in [1.165, 1.54) is 38.5 Å². The number of ether oxygens (including phenoxy) is 1. The Kier molecular flexibility index (Phi) is 4.97. The van der Waals surface area contributed by atoms with Crippen LogP contribution in [0, 0.1) is 11.8 Å². The summed E-state index contributed by atoms with van der Waals surface area (Å²) in [6.07, 6.45) is 13.7. The molecular formula is C23H29NO2. The fourth-order valence-corrected chi connectivity index (χ4v) is 5.23. The lowest BCUT2D eigenvalue weighted by Crippen LogP contribution is -2.50. The quantitative estimate of drug-likeness (QED) is 0.669. The number of esters is 1. The molecule has 0 N–H and O–H groups in total. The predicted octanol–water partition coefficient (Wildman–Crippen LogP) is 5.53. The molecule has 3 aliphatic rings. The molecule has 0 amide bonds. The SMILES string of the molecule is C=Cc1ccc(C2=NC(C3CCCCC3)(C3CCCCC3)C(=O)O2)cc1. The molecule has 0 aromatic heterocycles. The van der Waals surface area contributed by atoms with Gasteiger partial charge in [0.25, 0.3) is 0 Å². The maximum atomic E-state index is 13.2. The number of hydrogen-bond acceptors (Lipinski definition) is 3. The monoisotopic (exact) mass is 351 g/mol. The average Bonchev–Trinajstić information content (AvgIpc) is 3.07. The van der Waals surface area contributed by atoms with Crippen LogP contribution in [0.25, 0.3) is 6.08 Å². The third-order valence-electron chi connectivity index (χ3n) is 6.65. The minimum absolute atomic E-state index is 0.0842. The average molecular weight is 351 g/mol. The molecule has 4 rings (SSSR count). The smallest absolute Gasteiger partial charge is 0.341 e. The van der Waals surface area contributed by atoms with E-state index in [1.807, 2.05) is 30.3 Å². The van der Waals surface area contributed by atoms with E-state index < -0.39 is 5.54 Å². The number of cyclic esters (lactones) is 1. The molecule has 0 unspecified atom stereocenters. The van der Waals surface area contributed by atoms with E-state index in [1.54, 1.807) is 0 Å². The van der Waals surface area contributed by atoms with Crippen LogP contribution in [0.2, 0.25) is 0 Å². The highest BCUT2D eigenvalue weighted by molar-refractivity contribution is 6.08. The summed E-state index contributed by atoms with van der Waals surface area (Å²) < 4.78 is 5.83. The molecule has 2 aliphatic carbocycles. The second-order valence-corrected chi connectivity index (χ2v) is 8.13. The van der Waals surface area contributed by atoms with Gasteiger partial charge in [-0.3, -0.25) is 0 Å². The zero-order valence-electron chi connectivity index (χ0n) is 15.6. The van der Waals surface area contributed by atoms with Crippen LogP contribution < -0.4 is 0 Å². The first kappa shape index (κ1) is 17.5. The van der Waals surface area contributed by atoms with E-state index in [0.717, 1.165) is 36.8 Å². The van der Waals surface area contributed by atoms with Gasteiger partial charge in [0.2, 0.25) is 5.90 Å². The predicted molar refractivity (Wildman–Crippen MR) is 105 cm³/mol. The van der Waals surface area contributed by atoms with Gasteiger partial charge in [-0.2, -0.15) is 0 Å². The summed E-state index contributed by atoms with van der Waals surface area (Å²) in [7, 11) is 0. The topological polar surface area (TPSA) is 38.7 Å². The van der Waals surface area contributed by atoms with Crippen molar-refractivity contribution >= 4 is 17.9 Å². The summed E-state index contributed by atoms with van der Waals surface area (Å²) in [5.41, 5.74) is 1.33. The first-order chi connectivity index (χ1) is 12.7.